The number of hydrogen-bond donors (Lipinski definition) is 1. The minimum absolute atomic E-state index is 0.0238. The maximum atomic E-state index is 12.9. The van der Waals surface area contributed by atoms with Crippen molar-refractivity contribution >= 4 is 23.6 Å². The molecule has 2 amide bonds. The Kier molecular flexibility index (Phi) is 7.39. The number of carbonyl (C=O) groups is 2. The quantitative estimate of drug-likeness (QED) is 0.392. The average Bonchev–Trinajstić information content (AvgIpc) is 3.32. The molecular weight excluding hydrogens is 446 g/mol. The molecule has 0 aliphatic heterocycles. The summed E-state index contributed by atoms with van der Waals surface area (Å²) in [6.45, 7) is 0.452. The Balaban J connectivity index is 1.47. The average molecular weight is 472 g/mol. The number of amides is 2. The summed E-state index contributed by atoms with van der Waals surface area (Å²) in [5.41, 5.74) is 3.43. The Hall–Kier alpha value is -3.91. The number of benzene rings is 3. The summed E-state index contributed by atoms with van der Waals surface area (Å²) in [5.74, 6) is 0.799. The van der Waals surface area contributed by atoms with Gasteiger partial charge in [0.05, 0.1) is 5.75 Å². The summed E-state index contributed by atoms with van der Waals surface area (Å²) >= 11 is 1.36. The Morgan fingerprint density at radius 2 is 1.56 bits per heavy atom. The molecule has 4 aromatic rings. The number of para-hydroxylation sites is 1. The maximum Gasteiger partial charge on any atom is 0.251 e. The number of carbonyl (C=O) groups excluding carboxylic acids is 2. The normalized spacial score (nSPS) is 10.6. The molecule has 34 heavy (non-hydrogen) atoms. The van der Waals surface area contributed by atoms with Crippen LogP contribution in [-0.2, 0) is 11.3 Å². The molecule has 0 saturated carbocycles. The first-order chi connectivity index (χ1) is 16.6. The summed E-state index contributed by atoms with van der Waals surface area (Å²) in [6.07, 6.45) is 0. The molecule has 1 N–H and O–H groups in total. The van der Waals surface area contributed by atoms with Crippen molar-refractivity contribution in [3.8, 4) is 17.1 Å². The molecule has 172 valence electrons. The molecule has 8 heteroatoms. The molecule has 0 unspecified atom stereocenters. The molecule has 0 spiro atoms. The number of nitrogens with one attached hydrogen (secondary N) is 1. The standard InChI is InChI=1S/C26H25N5O2S/c1-27-25(33)21-15-13-19(14-16-21)17-30(2)23(32)18-34-26-29-28-24(20-9-5-3-6-10-20)31(26)22-11-7-4-8-12-22/h3-16H,17-18H2,1-2H3,(H,27,33). The van der Waals surface area contributed by atoms with Crippen LogP contribution < -0.4 is 5.32 Å². The first kappa shape index (κ1) is 23.3. The highest BCUT2D eigenvalue weighted by Crippen LogP contribution is 2.28. The van der Waals surface area contributed by atoms with Crippen molar-refractivity contribution < 1.29 is 9.59 Å². The van der Waals surface area contributed by atoms with E-state index < -0.39 is 0 Å². The van der Waals surface area contributed by atoms with Crippen molar-refractivity contribution in [3.05, 3.63) is 96.1 Å². The Labute approximate surface area is 202 Å². The molecule has 1 heterocycles. The fourth-order valence-corrected chi connectivity index (χ4v) is 4.34. The smallest absolute Gasteiger partial charge is 0.251 e. The van der Waals surface area contributed by atoms with Gasteiger partial charge in [0.25, 0.3) is 5.91 Å². The van der Waals surface area contributed by atoms with E-state index in [1.54, 1.807) is 31.1 Å². The molecular formula is C26H25N5O2S. The topological polar surface area (TPSA) is 80.1 Å². The van der Waals surface area contributed by atoms with Gasteiger partial charge in [-0.3, -0.25) is 14.2 Å². The second-order valence-electron chi connectivity index (χ2n) is 7.66. The largest absolute Gasteiger partial charge is 0.355 e. The Morgan fingerprint density at radius 1 is 0.912 bits per heavy atom. The minimum atomic E-state index is -0.134. The van der Waals surface area contributed by atoms with Crippen molar-refractivity contribution in [2.24, 2.45) is 0 Å². The summed E-state index contributed by atoms with van der Waals surface area (Å²) < 4.78 is 1.98. The number of hydrogen-bond acceptors (Lipinski definition) is 5. The van der Waals surface area contributed by atoms with Crippen LogP contribution in [0.25, 0.3) is 17.1 Å². The molecule has 7 nitrogen and oxygen atoms in total. The van der Waals surface area contributed by atoms with Gasteiger partial charge >= 0.3 is 0 Å². The summed E-state index contributed by atoms with van der Waals surface area (Å²) in [4.78, 5) is 26.2. The zero-order valence-corrected chi connectivity index (χ0v) is 19.8. The number of nitrogens with zero attached hydrogens (tertiary/aromatic N) is 4. The third-order valence-electron chi connectivity index (χ3n) is 5.29. The second-order valence-corrected chi connectivity index (χ2v) is 8.60. The van der Waals surface area contributed by atoms with E-state index in [-0.39, 0.29) is 17.6 Å². The van der Waals surface area contributed by atoms with E-state index in [1.807, 2.05) is 77.4 Å². The van der Waals surface area contributed by atoms with E-state index in [0.29, 0.717) is 17.3 Å². The molecule has 0 bridgehead atoms. The minimum Gasteiger partial charge on any atom is -0.355 e. The predicted molar refractivity (Wildman–Crippen MR) is 134 cm³/mol. The molecule has 1 aromatic heterocycles. The van der Waals surface area contributed by atoms with Crippen molar-refractivity contribution in [2.45, 2.75) is 11.7 Å². The summed E-state index contributed by atoms with van der Waals surface area (Å²) in [7, 11) is 3.37. The fourth-order valence-electron chi connectivity index (χ4n) is 3.45. The van der Waals surface area contributed by atoms with Crippen molar-refractivity contribution in [1.29, 1.82) is 0 Å². The third-order valence-corrected chi connectivity index (χ3v) is 6.21. The van der Waals surface area contributed by atoms with E-state index in [1.165, 1.54) is 11.8 Å². The highest BCUT2D eigenvalue weighted by molar-refractivity contribution is 7.99. The van der Waals surface area contributed by atoms with Crippen LogP contribution in [0.4, 0.5) is 0 Å². The summed E-state index contributed by atoms with van der Waals surface area (Å²) in [6, 6.07) is 27.0. The lowest BCUT2D eigenvalue weighted by Crippen LogP contribution is -2.28. The van der Waals surface area contributed by atoms with Crippen molar-refractivity contribution in [3.63, 3.8) is 0 Å². The van der Waals surface area contributed by atoms with Gasteiger partial charge in [-0.2, -0.15) is 0 Å². The number of rotatable bonds is 8. The monoisotopic (exact) mass is 471 g/mol. The molecule has 0 aliphatic rings. The van der Waals surface area contributed by atoms with Crippen LogP contribution in [0.15, 0.2) is 90.1 Å². The lowest BCUT2D eigenvalue weighted by atomic mass is 10.1. The lowest BCUT2D eigenvalue weighted by molar-refractivity contribution is -0.127. The lowest BCUT2D eigenvalue weighted by Gasteiger charge is -2.17. The van der Waals surface area contributed by atoms with Gasteiger partial charge in [-0.05, 0) is 29.8 Å². The van der Waals surface area contributed by atoms with Gasteiger partial charge in [0.1, 0.15) is 0 Å². The molecule has 0 saturated heterocycles. The SMILES string of the molecule is CNC(=O)c1ccc(CN(C)C(=O)CSc2nnc(-c3ccccc3)n2-c2ccccc2)cc1. The van der Waals surface area contributed by atoms with Crippen LogP contribution in [-0.4, -0.2) is 51.3 Å². The van der Waals surface area contributed by atoms with Crippen LogP contribution in [0.5, 0.6) is 0 Å². The zero-order valence-electron chi connectivity index (χ0n) is 19.0. The molecule has 3 aromatic carbocycles. The highest BCUT2D eigenvalue weighted by Gasteiger charge is 2.18. The van der Waals surface area contributed by atoms with Gasteiger partial charge < -0.3 is 10.2 Å². The molecule has 0 radical (unpaired) electrons. The van der Waals surface area contributed by atoms with Gasteiger partial charge in [0, 0.05) is 37.5 Å². The van der Waals surface area contributed by atoms with Crippen LogP contribution in [0.3, 0.4) is 0 Å². The van der Waals surface area contributed by atoms with Gasteiger partial charge in [0.15, 0.2) is 11.0 Å². The van der Waals surface area contributed by atoms with E-state index in [0.717, 1.165) is 22.6 Å². The molecule has 0 atom stereocenters. The van der Waals surface area contributed by atoms with E-state index in [9.17, 15) is 9.59 Å². The number of thioether (sulfide) groups is 1. The van der Waals surface area contributed by atoms with E-state index in [4.69, 9.17) is 0 Å². The van der Waals surface area contributed by atoms with Gasteiger partial charge in [-0.15, -0.1) is 10.2 Å². The van der Waals surface area contributed by atoms with Crippen LogP contribution in [0.1, 0.15) is 15.9 Å². The molecule has 0 fully saturated rings. The Morgan fingerprint density at radius 3 is 2.21 bits per heavy atom. The first-order valence-corrected chi connectivity index (χ1v) is 11.8. The van der Waals surface area contributed by atoms with Crippen LogP contribution in [0, 0.1) is 0 Å². The van der Waals surface area contributed by atoms with Crippen LogP contribution >= 0.6 is 11.8 Å². The highest BCUT2D eigenvalue weighted by atomic mass is 32.2. The van der Waals surface area contributed by atoms with E-state index >= 15 is 0 Å². The molecule has 0 aliphatic carbocycles. The van der Waals surface area contributed by atoms with Gasteiger partial charge in [-0.1, -0.05) is 72.4 Å². The predicted octanol–water partition coefficient (Wildman–Crippen LogP) is 4.04. The fraction of sp³-hybridized carbons (Fsp3) is 0.154. The van der Waals surface area contributed by atoms with Crippen LogP contribution in [0.2, 0.25) is 0 Å². The zero-order chi connectivity index (χ0) is 23.9. The second kappa shape index (κ2) is 10.8. The van der Waals surface area contributed by atoms with Gasteiger partial charge in [-0.25, -0.2) is 0 Å². The maximum absolute atomic E-state index is 12.9. The van der Waals surface area contributed by atoms with Gasteiger partial charge in [0.2, 0.25) is 5.91 Å². The molecule has 4 rings (SSSR count). The van der Waals surface area contributed by atoms with E-state index in [2.05, 4.69) is 15.5 Å². The first-order valence-electron chi connectivity index (χ1n) is 10.8. The van der Waals surface area contributed by atoms with Crippen molar-refractivity contribution in [1.82, 2.24) is 25.0 Å². The Bertz CT molecular complexity index is 1260. The summed E-state index contributed by atoms with van der Waals surface area (Å²) in [5, 5.41) is 12.1. The number of aromatic nitrogens is 3. The third kappa shape index (κ3) is 5.35. The van der Waals surface area contributed by atoms with Crippen molar-refractivity contribution in [2.75, 3.05) is 19.8 Å².